The number of rotatable bonds is 3. The van der Waals surface area contributed by atoms with Crippen molar-refractivity contribution in [3.05, 3.63) is 42.5 Å². The standard InChI is InChI=1S/C13H13N5O/c1-18-8-11(10-2-4-15-5-3-10)6-12(18)7-16-13(19)17-9-14/h2-6,8H,7H2,1H3,(H2,16,17,19). The van der Waals surface area contributed by atoms with Crippen LogP contribution < -0.4 is 10.6 Å². The van der Waals surface area contributed by atoms with Crippen molar-refractivity contribution in [1.29, 1.82) is 5.26 Å². The maximum absolute atomic E-state index is 11.1. The Labute approximate surface area is 110 Å². The molecule has 0 bridgehead atoms. The lowest BCUT2D eigenvalue weighted by molar-refractivity contribution is 0.244. The number of nitrogens with zero attached hydrogens (tertiary/aromatic N) is 3. The summed E-state index contributed by atoms with van der Waals surface area (Å²) in [5.74, 6) is 0. The van der Waals surface area contributed by atoms with Crippen molar-refractivity contribution in [2.45, 2.75) is 6.54 Å². The van der Waals surface area contributed by atoms with E-state index in [0.717, 1.165) is 16.8 Å². The highest BCUT2D eigenvalue weighted by atomic mass is 16.2. The molecule has 0 saturated carbocycles. The molecular formula is C13H13N5O. The van der Waals surface area contributed by atoms with Gasteiger partial charge in [-0.2, -0.15) is 5.26 Å². The zero-order valence-corrected chi connectivity index (χ0v) is 10.4. The largest absolute Gasteiger partial charge is 0.352 e. The quantitative estimate of drug-likeness (QED) is 0.641. The van der Waals surface area contributed by atoms with Crippen LogP contribution in [-0.2, 0) is 13.6 Å². The lowest BCUT2D eigenvalue weighted by atomic mass is 10.1. The normalized spacial score (nSPS) is 9.68. The Morgan fingerprint density at radius 3 is 2.84 bits per heavy atom. The van der Waals surface area contributed by atoms with Crippen LogP contribution in [0.25, 0.3) is 11.1 Å². The summed E-state index contributed by atoms with van der Waals surface area (Å²) < 4.78 is 1.93. The predicted octanol–water partition coefficient (Wildman–Crippen LogP) is 1.37. The van der Waals surface area contributed by atoms with Gasteiger partial charge in [-0.1, -0.05) is 0 Å². The number of carbonyl (C=O) groups is 1. The lowest BCUT2D eigenvalue weighted by Crippen LogP contribution is -2.32. The minimum atomic E-state index is -0.505. The van der Waals surface area contributed by atoms with E-state index in [1.165, 1.54) is 0 Å². The average Bonchev–Trinajstić information content (AvgIpc) is 2.79. The molecule has 2 aromatic heterocycles. The fourth-order valence-electron chi connectivity index (χ4n) is 1.75. The van der Waals surface area contributed by atoms with Gasteiger partial charge >= 0.3 is 6.03 Å². The highest BCUT2D eigenvalue weighted by Gasteiger charge is 2.06. The van der Waals surface area contributed by atoms with Crippen molar-refractivity contribution >= 4 is 6.03 Å². The second-order valence-electron chi connectivity index (χ2n) is 3.99. The van der Waals surface area contributed by atoms with Gasteiger partial charge in [0.15, 0.2) is 6.19 Å². The maximum atomic E-state index is 11.1. The van der Waals surface area contributed by atoms with Crippen LogP contribution in [-0.4, -0.2) is 15.6 Å². The van der Waals surface area contributed by atoms with Crippen molar-refractivity contribution in [1.82, 2.24) is 20.2 Å². The number of pyridine rings is 1. The smallest absolute Gasteiger partial charge is 0.328 e. The third-order valence-electron chi connectivity index (χ3n) is 2.72. The Hall–Kier alpha value is -2.81. The molecule has 2 aromatic rings. The van der Waals surface area contributed by atoms with E-state index < -0.39 is 6.03 Å². The third-order valence-corrected chi connectivity index (χ3v) is 2.72. The number of nitrogens with one attached hydrogen (secondary N) is 2. The molecular weight excluding hydrogens is 242 g/mol. The second-order valence-corrected chi connectivity index (χ2v) is 3.99. The molecule has 0 atom stereocenters. The predicted molar refractivity (Wildman–Crippen MR) is 69.6 cm³/mol. The fourth-order valence-corrected chi connectivity index (χ4v) is 1.75. The highest BCUT2D eigenvalue weighted by Crippen LogP contribution is 2.20. The minimum Gasteiger partial charge on any atom is -0.352 e. The molecule has 6 nitrogen and oxygen atoms in total. The Morgan fingerprint density at radius 1 is 1.42 bits per heavy atom. The van der Waals surface area contributed by atoms with Crippen LogP contribution in [0.4, 0.5) is 4.79 Å². The zero-order valence-electron chi connectivity index (χ0n) is 10.4. The summed E-state index contributed by atoms with van der Waals surface area (Å²) in [5.41, 5.74) is 3.07. The number of amides is 2. The number of aryl methyl sites for hydroxylation is 1. The fraction of sp³-hybridized carbons (Fsp3) is 0.154. The van der Waals surface area contributed by atoms with Crippen LogP contribution in [0.5, 0.6) is 0 Å². The van der Waals surface area contributed by atoms with Gasteiger partial charge in [0.25, 0.3) is 0 Å². The van der Waals surface area contributed by atoms with Crippen LogP contribution in [0.2, 0.25) is 0 Å². The van der Waals surface area contributed by atoms with Gasteiger partial charge in [-0.25, -0.2) is 10.1 Å². The van der Waals surface area contributed by atoms with E-state index in [1.54, 1.807) is 18.6 Å². The van der Waals surface area contributed by atoms with Crippen LogP contribution in [0.15, 0.2) is 36.8 Å². The van der Waals surface area contributed by atoms with E-state index >= 15 is 0 Å². The monoisotopic (exact) mass is 255 g/mol. The number of hydrogen-bond acceptors (Lipinski definition) is 3. The molecule has 0 saturated heterocycles. The molecule has 2 heterocycles. The van der Waals surface area contributed by atoms with E-state index in [2.05, 4.69) is 10.3 Å². The van der Waals surface area contributed by atoms with Gasteiger partial charge in [0.05, 0.1) is 6.54 Å². The van der Waals surface area contributed by atoms with E-state index in [1.807, 2.05) is 41.3 Å². The van der Waals surface area contributed by atoms with Crippen molar-refractivity contribution in [3.63, 3.8) is 0 Å². The molecule has 0 aliphatic carbocycles. The molecule has 0 unspecified atom stereocenters. The molecule has 0 radical (unpaired) electrons. The number of carbonyl (C=O) groups excluding carboxylic acids is 1. The molecule has 2 rings (SSSR count). The second kappa shape index (κ2) is 5.69. The topological polar surface area (TPSA) is 82.7 Å². The Kier molecular flexibility index (Phi) is 3.78. The highest BCUT2D eigenvalue weighted by molar-refractivity contribution is 5.75. The van der Waals surface area contributed by atoms with Crippen LogP contribution in [0.1, 0.15) is 5.69 Å². The summed E-state index contributed by atoms with van der Waals surface area (Å²) in [4.78, 5) is 15.1. The summed E-state index contributed by atoms with van der Waals surface area (Å²) in [6.07, 6.45) is 7.03. The van der Waals surface area contributed by atoms with Crippen LogP contribution in [0.3, 0.4) is 0 Å². The lowest BCUT2D eigenvalue weighted by Gasteiger charge is -2.03. The molecule has 6 heteroatoms. The summed E-state index contributed by atoms with van der Waals surface area (Å²) in [6, 6.07) is 5.33. The van der Waals surface area contributed by atoms with Crippen molar-refractivity contribution in [3.8, 4) is 17.3 Å². The van der Waals surface area contributed by atoms with Gasteiger partial charge < -0.3 is 9.88 Å². The minimum absolute atomic E-state index is 0.356. The first-order valence-corrected chi connectivity index (χ1v) is 5.69. The van der Waals surface area contributed by atoms with Gasteiger partial charge in [-0.15, -0.1) is 0 Å². The number of nitriles is 1. The molecule has 0 aliphatic heterocycles. The third kappa shape index (κ3) is 3.10. The first-order valence-electron chi connectivity index (χ1n) is 5.69. The van der Waals surface area contributed by atoms with Crippen LogP contribution in [0, 0.1) is 11.5 Å². The average molecular weight is 255 g/mol. The number of urea groups is 1. The summed E-state index contributed by atoms with van der Waals surface area (Å²) >= 11 is 0. The van der Waals surface area contributed by atoms with Gasteiger partial charge in [0.2, 0.25) is 0 Å². The van der Waals surface area contributed by atoms with Crippen molar-refractivity contribution < 1.29 is 4.79 Å². The van der Waals surface area contributed by atoms with E-state index in [0.29, 0.717) is 6.54 Å². The Balaban J connectivity index is 2.10. The zero-order chi connectivity index (χ0) is 13.7. The molecule has 0 aliphatic rings. The van der Waals surface area contributed by atoms with Gasteiger partial charge in [0, 0.05) is 31.3 Å². The molecule has 0 spiro atoms. The maximum Gasteiger partial charge on any atom is 0.328 e. The number of aromatic nitrogens is 2. The van der Waals surface area contributed by atoms with Crippen molar-refractivity contribution in [2.75, 3.05) is 0 Å². The Bertz CT molecular complexity index is 612. The van der Waals surface area contributed by atoms with Crippen LogP contribution >= 0.6 is 0 Å². The SMILES string of the molecule is Cn1cc(-c2ccncc2)cc1CNC(=O)NC#N. The summed E-state index contributed by atoms with van der Waals surface area (Å²) in [5, 5.41) is 12.9. The summed E-state index contributed by atoms with van der Waals surface area (Å²) in [6.45, 7) is 0.356. The summed E-state index contributed by atoms with van der Waals surface area (Å²) in [7, 11) is 1.91. The van der Waals surface area contributed by atoms with E-state index in [4.69, 9.17) is 5.26 Å². The molecule has 2 amide bonds. The van der Waals surface area contributed by atoms with E-state index in [9.17, 15) is 4.79 Å². The Morgan fingerprint density at radius 2 is 2.16 bits per heavy atom. The van der Waals surface area contributed by atoms with E-state index in [-0.39, 0.29) is 0 Å². The molecule has 96 valence electrons. The molecule has 2 N–H and O–H groups in total. The number of hydrogen-bond donors (Lipinski definition) is 2. The first kappa shape index (κ1) is 12.6. The van der Waals surface area contributed by atoms with Gasteiger partial charge in [-0.3, -0.25) is 4.98 Å². The first-order chi connectivity index (χ1) is 9.20. The molecule has 19 heavy (non-hydrogen) atoms. The molecule has 0 fully saturated rings. The van der Waals surface area contributed by atoms with Crippen molar-refractivity contribution in [2.24, 2.45) is 7.05 Å². The van der Waals surface area contributed by atoms with Gasteiger partial charge in [-0.05, 0) is 29.3 Å². The van der Waals surface area contributed by atoms with Gasteiger partial charge in [0.1, 0.15) is 0 Å². The molecule has 0 aromatic carbocycles.